The normalized spacial score (nSPS) is 10.8. The van der Waals surface area contributed by atoms with E-state index in [-0.39, 0.29) is 18.1 Å². The Morgan fingerprint density at radius 3 is 2.50 bits per heavy atom. The Hall–Kier alpha value is -1.76. The van der Waals surface area contributed by atoms with Crippen LogP contribution < -0.4 is 21.9 Å². The molecule has 0 radical (unpaired) electrons. The van der Waals surface area contributed by atoms with Crippen LogP contribution in [0.4, 0.5) is 11.5 Å². The van der Waals surface area contributed by atoms with E-state index in [9.17, 15) is 9.59 Å². The minimum absolute atomic E-state index is 0.0739. The van der Waals surface area contributed by atoms with E-state index in [2.05, 4.69) is 4.98 Å². The van der Waals surface area contributed by atoms with Crippen molar-refractivity contribution in [2.45, 2.75) is 39.7 Å². The molecule has 0 bridgehead atoms. The summed E-state index contributed by atoms with van der Waals surface area (Å²) < 4.78 is 1.37. The van der Waals surface area contributed by atoms with Gasteiger partial charge in [-0.3, -0.25) is 14.3 Å². The maximum Gasteiger partial charge on any atom is 0.330 e. The Bertz CT molecular complexity index is 535. The van der Waals surface area contributed by atoms with Crippen molar-refractivity contribution in [3.05, 3.63) is 20.8 Å². The Kier molecular flexibility index (Phi) is 6.30. The van der Waals surface area contributed by atoms with Crippen LogP contribution in [-0.4, -0.2) is 34.4 Å². The first kappa shape index (κ1) is 16.3. The molecule has 0 aliphatic heterocycles. The first-order valence-corrected chi connectivity index (χ1v) is 7.05. The monoisotopic (exact) mass is 284 g/mol. The number of aromatic amines is 1. The Morgan fingerprint density at radius 2 is 1.95 bits per heavy atom. The van der Waals surface area contributed by atoms with Crippen molar-refractivity contribution in [2.75, 3.05) is 30.3 Å². The van der Waals surface area contributed by atoms with Gasteiger partial charge in [0, 0.05) is 19.6 Å². The largest absolute Gasteiger partial charge is 0.395 e. The fourth-order valence-corrected chi connectivity index (χ4v) is 2.13. The summed E-state index contributed by atoms with van der Waals surface area (Å²) in [5.74, 6) is 0.171. The maximum absolute atomic E-state index is 12.0. The molecule has 0 saturated carbocycles. The molecule has 20 heavy (non-hydrogen) atoms. The van der Waals surface area contributed by atoms with Gasteiger partial charge >= 0.3 is 5.69 Å². The summed E-state index contributed by atoms with van der Waals surface area (Å²) in [5.41, 5.74) is 5.29. The third-order valence-corrected chi connectivity index (χ3v) is 3.13. The summed E-state index contributed by atoms with van der Waals surface area (Å²) in [6.07, 6.45) is 2.59. The molecule has 0 saturated heterocycles. The van der Waals surface area contributed by atoms with Crippen molar-refractivity contribution in [2.24, 2.45) is 0 Å². The Morgan fingerprint density at radius 1 is 1.25 bits per heavy atom. The first-order valence-electron chi connectivity index (χ1n) is 7.05. The van der Waals surface area contributed by atoms with Crippen molar-refractivity contribution in [3.8, 4) is 0 Å². The molecule has 1 heterocycles. The number of anilines is 2. The minimum Gasteiger partial charge on any atom is -0.395 e. The molecule has 7 nitrogen and oxygen atoms in total. The van der Waals surface area contributed by atoms with Gasteiger partial charge in [-0.1, -0.05) is 20.3 Å². The molecule has 0 aromatic carbocycles. The van der Waals surface area contributed by atoms with E-state index in [1.54, 1.807) is 4.90 Å². The molecule has 0 unspecified atom stereocenters. The number of nitrogens with two attached hydrogens (primary N) is 1. The number of hydrogen-bond donors (Lipinski definition) is 3. The minimum atomic E-state index is -0.496. The van der Waals surface area contributed by atoms with Gasteiger partial charge in [0.05, 0.1) is 6.61 Å². The molecule has 4 N–H and O–H groups in total. The molecule has 1 aromatic heterocycles. The molecule has 0 aliphatic carbocycles. The van der Waals surface area contributed by atoms with E-state index < -0.39 is 11.2 Å². The molecule has 0 amide bonds. The lowest BCUT2D eigenvalue weighted by molar-refractivity contribution is 0.301. The van der Waals surface area contributed by atoms with Crippen LogP contribution in [0.15, 0.2) is 9.59 Å². The van der Waals surface area contributed by atoms with Crippen LogP contribution in [0.1, 0.15) is 33.1 Å². The standard InChI is InChI=1S/C13H24N4O3/c1-3-5-7-16(8-9-18)10-11(14)17(6-4-2)13(20)15-12(10)19/h18H,3-9,14H2,1-2H3,(H,15,19,20). The molecule has 1 aromatic rings. The van der Waals surface area contributed by atoms with Crippen molar-refractivity contribution < 1.29 is 5.11 Å². The number of aromatic nitrogens is 2. The number of unbranched alkanes of at least 4 members (excludes halogenated alkanes) is 1. The number of H-pyrrole nitrogens is 1. The van der Waals surface area contributed by atoms with Gasteiger partial charge in [-0.25, -0.2) is 4.79 Å². The van der Waals surface area contributed by atoms with Crippen LogP contribution in [0.3, 0.4) is 0 Å². The van der Waals surface area contributed by atoms with Gasteiger partial charge in [0.1, 0.15) is 11.5 Å². The third-order valence-electron chi connectivity index (χ3n) is 3.13. The topological polar surface area (TPSA) is 104 Å². The first-order chi connectivity index (χ1) is 9.56. The van der Waals surface area contributed by atoms with Crippen LogP contribution in [0.5, 0.6) is 0 Å². The van der Waals surface area contributed by atoms with Crippen LogP contribution in [0.25, 0.3) is 0 Å². The lowest BCUT2D eigenvalue weighted by atomic mass is 10.3. The lowest BCUT2D eigenvalue weighted by Crippen LogP contribution is -2.39. The number of hydrogen-bond acceptors (Lipinski definition) is 5. The summed E-state index contributed by atoms with van der Waals surface area (Å²) in [6.45, 7) is 5.29. The average Bonchev–Trinajstić information content (AvgIpc) is 2.40. The van der Waals surface area contributed by atoms with E-state index in [4.69, 9.17) is 10.8 Å². The molecule has 7 heteroatoms. The molecule has 0 aliphatic rings. The number of nitrogen functional groups attached to an aromatic ring is 1. The zero-order chi connectivity index (χ0) is 15.1. The van der Waals surface area contributed by atoms with Crippen molar-refractivity contribution in [1.82, 2.24) is 9.55 Å². The quantitative estimate of drug-likeness (QED) is 0.629. The highest BCUT2D eigenvalue weighted by molar-refractivity contribution is 5.62. The van der Waals surface area contributed by atoms with Gasteiger partial charge in [-0.2, -0.15) is 0 Å². The van der Waals surface area contributed by atoms with Crippen LogP contribution in [0.2, 0.25) is 0 Å². The van der Waals surface area contributed by atoms with E-state index in [1.165, 1.54) is 4.57 Å². The van der Waals surface area contributed by atoms with Gasteiger partial charge in [0.25, 0.3) is 5.56 Å². The summed E-state index contributed by atoms with van der Waals surface area (Å²) >= 11 is 0. The highest BCUT2D eigenvalue weighted by Gasteiger charge is 2.17. The highest BCUT2D eigenvalue weighted by atomic mass is 16.3. The number of nitrogens with zero attached hydrogens (tertiary/aromatic N) is 2. The lowest BCUT2D eigenvalue weighted by Gasteiger charge is -2.25. The maximum atomic E-state index is 12.0. The summed E-state index contributed by atoms with van der Waals surface area (Å²) in [5, 5.41) is 9.14. The fourth-order valence-electron chi connectivity index (χ4n) is 2.13. The molecule has 0 fully saturated rings. The highest BCUT2D eigenvalue weighted by Crippen LogP contribution is 2.17. The molecular formula is C13H24N4O3. The predicted octanol–water partition coefficient (Wildman–Crippen LogP) is 0.128. The van der Waals surface area contributed by atoms with Gasteiger partial charge in [0.2, 0.25) is 0 Å². The van der Waals surface area contributed by atoms with Crippen LogP contribution in [0, 0.1) is 0 Å². The van der Waals surface area contributed by atoms with E-state index in [0.29, 0.717) is 19.6 Å². The number of aliphatic hydroxyl groups is 1. The SMILES string of the molecule is CCCCN(CCO)c1c(N)n(CCC)c(=O)[nH]c1=O. The Labute approximate surface area is 118 Å². The second-order valence-corrected chi connectivity index (χ2v) is 4.71. The molecule has 114 valence electrons. The zero-order valence-corrected chi connectivity index (χ0v) is 12.2. The van der Waals surface area contributed by atoms with Gasteiger partial charge < -0.3 is 15.7 Å². The smallest absolute Gasteiger partial charge is 0.330 e. The number of aliphatic hydroxyl groups excluding tert-OH is 1. The van der Waals surface area contributed by atoms with Gasteiger partial charge in [-0.15, -0.1) is 0 Å². The van der Waals surface area contributed by atoms with Crippen molar-refractivity contribution >= 4 is 11.5 Å². The molecule has 0 atom stereocenters. The van der Waals surface area contributed by atoms with Crippen molar-refractivity contribution in [1.29, 1.82) is 0 Å². The predicted molar refractivity (Wildman–Crippen MR) is 80.2 cm³/mol. The summed E-state index contributed by atoms with van der Waals surface area (Å²) in [7, 11) is 0. The van der Waals surface area contributed by atoms with E-state index in [0.717, 1.165) is 19.3 Å². The van der Waals surface area contributed by atoms with Crippen LogP contribution >= 0.6 is 0 Å². The third kappa shape index (κ3) is 3.63. The average molecular weight is 284 g/mol. The molecule has 1 rings (SSSR count). The summed E-state index contributed by atoms with van der Waals surface area (Å²) in [4.78, 5) is 27.8. The second kappa shape index (κ2) is 7.74. The summed E-state index contributed by atoms with van der Waals surface area (Å²) in [6, 6.07) is 0. The Balaban J connectivity index is 3.29. The van der Waals surface area contributed by atoms with Gasteiger partial charge in [-0.05, 0) is 12.8 Å². The van der Waals surface area contributed by atoms with E-state index >= 15 is 0 Å². The van der Waals surface area contributed by atoms with Gasteiger partial charge in [0.15, 0.2) is 0 Å². The fraction of sp³-hybridized carbons (Fsp3) is 0.692. The van der Waals surface area contributed by atoms with Crippen LogP contribution in [-0.2, 0) is 6.54 Å². The van der Waals surface area contributed by atoms with Crippen molar-refractivity contribution in [3.63, 3.8) is 0 Å². The number of rotatable bonds is 8. The number of nitrogens with one attached hydrogen (secondary N) is 1. The molecule has 0 spiro atoms. The molecular weight excluding hydrogens is 260 g/mol. The zero-order valence-electron chi connectivity index (χ0n) is 12.2. The second-order valence-electron chi connectivity index (χ2n) is 4.71. The van der Waals surface area contributed by atoms with E-state index in [1.807, 2.05) is 13.8 Å².